The maximum Gasteiger partial charge on any atom is 0.191 e. The van der Waals surface area contributed by atoms with E-state index in [1.165, 1.54) is 18.2 Å². The maximum absolute atomic E-state index is 13.6. The lowest BCUT2D eigenvalue weighted by molar-refractivity contribution is 0.106. The molecule has 2 aromatic carbocycles. The van der Waals surface area contributed by atoms with Gasteiger partial charge in [-0.25, -0.2) is 8.78 Å². The molecule has 0 saturated carbocycles. The Morgan fingerprint density at radius 2 is 1.84 bits per heavy atom. The van der Waals surface area contributed by atoms with Crippen molar-refractivity contribution in [2.24, 2.45) is 4.99 Å². The summed E-state index contributed by atoms with van der Waals surface area (Å²) in [6.07, 6.45) is -0.240. The van der Waals surface area contributed by atoms with Gasteiger partial charge >= 0.3 is 0 Å². The van der Waals surface area contributed by atoms with Crippen molar-refractivity contribution in [1.29, 1.82) is 0 Å². The second-order valence-electron chi connectivity index (χ2n) is 5.67. The summed E-state index contributed by atoms with van der Waals surface area (Å²) in [5.74, 6) is 0.0671. The molecular weight excluding hydrogens is 324 g/mol. The molecule has 0 fully saturated rings. The summed E-state index contributed by atoms with van der Waals surface area (Å²) in [6, 6.07) is 11.3. The van der Waals surface area contributed by atoms with Crippen LogP contribution in [-0.4, -0.2) is 26.7 Å². The van der Waals surface area contributed by atoms with Crippen molar-refractivity contribution in [1.82, 2.24) is 10.6 Å². The summed E-state index contributed by atoms with van der Waals surface area (Å²) in [4.78, 5) is 4.14. The quantitative estimate of drug-likeness (QED) is 0.622. The van der Waals surface area contributed by atoms with Crippen LogP contribution in [0.2, 0.25) is 0 Å². The van der Waals surface area contributed by atoms with Crippen LogP contribution in [0.1, 0.15) is 22.8 Å². The zero-order chi connectivity index (χ0) is 18.2. The molecule has 1 atom stereocenters. The Morgan fingerprint density at radius 1 is 1.12 bits per heavy atom. The molecule has 0 aliphatic rings. The van der Waals surface area contributed by atoms with Crippen molar-refractivity contribution in [3.63, 3.8) is 0 Å². The Morgan fingerprint density at radius 3 is 2.44 bits per heavy atom. The van der Waals surface area contributed by atoms with Crippen LogP contribution in [0.15, 0.2) is 47.5 Å². The van der Waals surface area contributed by atoms with Crippen LogP contribution in [0.4, 0.5) is 8.78 Å². The van der Waals surface area contributed by atoms with Crippen LogP contribution in [-0.2, 0) is 11.3 Å². The van der Waals surface area contributed by atoms with Crippen molar-refractivity contribution >= 4 is 5.96 Å². The largest absolute Gasteiger partial charge is 0.375 e. The first-order valence-corrected chi connectivity index (χ1v) is 8.01. The second kappa shape index (κ2) is 9.13. The molecule has 4 nitrogen and oxygen atoms in total. The van der Waals surface area contributed by atoms with Crippen molar-refractivity contribution in [3.05, 3.63) is 70.8 Å². The Balaban J connectivity index is 1.90. The molecule has 0 aliphatic carbocycles. The van der Waals surface area contributed by atoms with Gasteiger partial charge in [0.25, 0.3) is 0 Å². The molecule has 0 aliphatic heterocycles. The van der Waals surface area contributed by atoms with E-state index in [1.54, 1.807) is 39.3 Å². The highest BCUT2D eigenvalue weighted by Gasteiger charge is 2.11. The molecule has 1 unspecified atom stereocenters. The topological polar surface area (TPSA) is 45.7 Å². The number of hydrogen-bond donors (Lipinski definition) is 2. The summed E-state index contributed by atoms with van der Waals surface area (Å²) in [5, 5.41) is 6.29. The molecule has 0 heterocycles. The third kappa shape index (κ3) is 5.53. The summed E-state index contributed by atoms with van der Waals surface area (Å²) < 4.78 is 32.1. The SMILES string of the molecule is CN=C(NCc1ccc(C)c(F)c1)NCC(OC)c1ccc(F)cc1. The van der Waals surface area contributed by atoms with Gasteiger partial charge in [0.15, 0.2) is 5.96 Å². The number of halogens is 2. The molecule has 0 aromatic heterocycles. The van der Waals surface area contributed by atoms with Gasteiger partial charge in [0.05, 0.1) is 6.10 Å². The van der Waals surface area contributed by atoms with Crippen molar-refractivity contribution in [3.8, 4) is 0 Å². The number of nitrogens with zero attached hydrogens (tertiary/aromatic N) is 1. The van der Waals surface area contributed by atoms with E-state index < -0.39 is 0 Å². The smallest absolute Gasteiger partial charge is 0.191 e. The van der Waals surface area contributed by atoms with Crippen LogP contribution in [0.3, 0.4) is 0 Å². The average molecular weight is 347 g/mol. The zero-order valence-corrected chi connectivity index (χ0v) is 14.6. The lowest BCUT2D eigenvalue weighted by Crippen LogP contribution is -2.39. The Labute approximate surface area is 146 Å². The number of hydrogen-bond acceptors (Lipinski definition) is 2. The van der Waals surface area contributed by atoms with Crippen molar-refractivity contribution in [2.45, 2.75) is 19.6 Å². The lowest BCUT2D eigenvalue weighted by atomic mass is 10.1. The van der Waals surface area contributed by atoms with E-state index in [-0.39, 0.29) is 17.7 Å². The second-order valence-corrected chi connectivity index (χ2v) is 5.67. The van der Waals surface area contributed by atoms with Gasteiger partial charge in [0, 0.05) is 27.2 Å². The fourth-order valence-electron chi connectivity index (χ4n) is 2.36. The van der Waals surface area contributed by atoms with E-state index in [2.05, 4.69) is 15.6 Å². The molecule has 25 heavy (non-hydrogen) atoms. The fraction of sp³-hybridized carbons (Fsp3) is 0.316. The van der Waals surface area contributed by atoms with E-state index in [1.807, 2.05) is 6.07 Å². The van der Waals surface area contributed by atoms with Crippen molar-refractivity contribution < 1.29 is 13.5 Å². The van der Waals surface area contributed by atoms with Gasteiger partial charge < -0.3 is 15.4 Å². The maximum atomic E-state index is 13.6. The van der Waals surface area contributed by atoms with Gasteiger partial charge in [0.1, 0.15) is 11.6 Å². The van der Waals surface area contributed by atoms with Crippen LogP contribution in [0, 0.1) is 18.6 Å². The van der Waals surface area contributed by atoms with Gasteiger partial charge in [-0.15, -0.1) is 0 Å². The zero-order valence-electron chi connectivity index (χ0n) is 14.6. The summed E-state index contributed by atoms with van der Waals surface area (Å²) in [5.41, 5.74) is 2.31. The van der Waals surface area contributed by atoms with E-state index >= 15 is 0 Å². The molecule has 0 amide bonds. The van der Waals surface area contributed by atoms with E-state index in [0.29, 0.717) is 24.6 Å². The summed E-state index contributed by atoms with van der Waals surface area (Å²) in [7, 11) is 3.26. The molecule has 0 radical (unpaired) electrons. The Kier molecular flexibility index (Phi) is 6.89. The van der Waals surface area contributed by atoms with Gasteiger partial charge in [-0.3, -0.25) is 4.99 Å². The minimum atomic E-state index is -0.283. The summed E-state index contributed by atoms with van der Waals surface area (Å²) in [6.45, 7) is 2.64. The van der Waals surface area contributed by atoms with Crippen LogP contribution >= 0.6 is 0 Å². The average Bonchev–Trinajstić information content (AvgIpc) is 2.62. The lowest BCUT2D eigenvalue weighted by Gasteiger charge is -2.19. The van der Waals surface area contributed by atoms with Gasteiger partial charge in [-0.05, 0) is 41.8 Å². The third-order valence-corrected chi connectivity index (χ3v) is 3.90. The molecule has 0 spiro atoms. The van der Waals surface area contributed by atoms with Gasteiger partial charge in [0.2, 0.25) is 0 Å². The predicted molar refractivity (Wildman–Crippen MR) is 95.5 cm³/mol. The number of rotatable bonds is 6. The molecule has 2 aromatic rings. The Bertz CT molecular complexity index is 717. The van der Waals surface area contributed by atoms with Crippen LogP contribution in [0.5, 0.6) is 0 Å². The van der Waals surface area contributed by atoms with Crippen LogP contribution < -0.4 is 10.6 Å². The van der Waals surface area contributed by atoms with Gasteiger partial charge in [-0.1, -0.05) is 24.3 Å². The summed E-state index contributed by atoms with van der Waals surface area (Å²) >= 11 is 0. The molecule has 134 valence electrons. The van der Waals surface area contributed by atoms with Crippen LogP contribution in [0.25, 0.3) is 0 Å². The molecule has 6 heteroatoms. The number of aliphatic imine (C=N–C) groups is 1. The first kappa shape index (κ1) is 18.9. The highest BCUT2D eigenvalue weighted by atomic mass is 19.1. The minimum Gasteiger partial charge on any atom is -0.375 e. The molecule has 2 N–H and O–H groups in total. The Hall–Kier alpha value is -2.47. The fourth-order valence-corrected chi connectivity index (χ4v) is 2.36. The molecule has 0 bridgehead atoms. The monoisotopic (exact) mass is 347 g/mol. The molecule has 2 rings (SSSR count). The normalized spacial score (nSPS) is 12.8. The van der Waals surface area contributed by atoms with E-state index in [9.17, 15) is 8.78 Å². The number of aryl methyl sites for hydroxylation is 1. The number of benzene rings is 2. The number of ether oxygens (including phenoxy) is 1. The number of methoxy groups -OCH3 is 1. The molecular formula is C19H23F2N3O. The number of guanidine groups is 1. The third-order valence-electron chi connectivity index (χ3n) is 3.90. The molecule has 0 saturated heterocycles. The van der Waals surface area contributed by atoms with Crippen molar-refractivity contribution in [2.75, 3.05) is 20.7 Å². The number of nitrogens with one attached hydrogen (secondary N) is 2. The first-order valence-electron chi connectivity index (χ1n) is 8.01. The standard InChI is InChI=1S/C19H23F2N3O/c1-13-4-5-14(10-17(13)21)11-23-19(22-2)24-12-18(25-3)15-6-8-16(20)9-7-15/h4-10,18H,11-12H2,1-3H3,(H2,22,23,24). The highest BCUT2D eigenvalue weighted by molar-refractivity contribution is 5.79. The highest BCUT2D eigenvalue weighted by Crippen LogP contribution is 2.16. The van der Waals surface area contributed by atoms with E-state index in [4.69, 9.17) is 4.74 Å². The first-order chi connectivity index (χ1) is 12.0. The predicted octanol–water partition coefficient (Wildman–Crippen LogP) is 3.33. The van der Waals surface area contributed by atoms with Gasteiger partial charge in [-0.2, -0.15) is 0 Å². The minimum absolute atomic E-state index is 0.224. The van der Waals surface area contributed by atoms with E-state index in [0.717, 1.165) is 11.1 Å².